The standard InChI is InChI=1S/C26H24N2O6/c1-3-17-5-8-20(9-6-17)28-25(29)19(15-27)13-18-7-11-22(24(14-18)32-4-2)33-16-21-10-12-23(34-21)26(30)31/h5-14H,3-4,16H2,1-2H3,(H,28,29)(H,30,31). The lowest BCUT2D eigenvalue weighted by atomic mass is 10.1. The molecule has 0 aliphatic heterocycles. The Balaban J connectivity index is 1.75. The molecule has 0 fully saturated rings. The minimum absolute atomic E-state index is 0.00517. The van der Waals surface area contributed by atoms with E-state index in [2.05, 4.69) is 5.32 Å². The molecular weight excluding hydrogens is 436 g/mol. The number of carboxylic acids is 1. The van der Waals surface area contributed by atoms with E-state index in [1.807, 2.05) is 32.0 Å². The van der Waals surface area contributed by atoms with Crippen LogP contribution in [0, 0.1) is 11.3 Å². The molecule has 2 N–H and O–H groups in total. The minimum Gasteiger partial charge on any atom is -0.490 e. The zero-order valence-corrected chi connectivity index (χ0v) is 18.8. The van der Waals surface area contributed by atoms with E-state index < -0.39 is 11.9 Å². The molecule has 3 aromatic rings. The smallest absolute Gasteiger partial charge is 0.371 e. The predicted octanol–water partition coefficient (Wildman–Crippen LogP) is 5.06. The van der Waals surface area contributed by atoms with Crippen LogP contribution < -0.4 is 14.8 Å². The molecule has 0 spiro atoms. The highest BCUT2D eigenvalue weighted by Gasteiger charge is 2.13. The average molecular weight is 460 g/mol. The number of hydrogen-bond donors (Lipinski definition) is 2. The summed E-state index contributed by atoms with van der Waals surface area (Å²) in [4.78, 5) is 23.5. The number of nitrogens with zero attached hydrogens (tertiary/aromatic N) is 1. The summed E-state index contributed by atoms with van der Waals surface area (Å²) in [6, 6.07) is 17.2. The molecule has 1 amide bonds. The molecule has 8 heteroatoms. The third-order valence-corrected chi connectivity index (χ3v) is 4.81. The van der Waals surface area contributed by atoms with E-state index in [1.165, 1.54) is 18.2 Å². The molecule has 0 aliphatic rings. The molecule has 8 nitrogen and oxygen atoms in total. The van der Waals surface area contributed by atoms with Gasteiger partial charge in [-0.05, 0) is 66.9 Å². The van der Waals surface area contributed by atoms with Gasteiger partial charge in [-0.15, -0.1) is 0 Å². The zero-order valence-electron chi connectivity index (χ0n) is 18.8. The number of amides is 1. The van der Waals surface area contributed by atoms with Crippen molar-refractivity contribution in [1.29, 1.82) is 5.26 Å². The Hall–Kier alpha value is -4.51. The summed E-state index contributed by atoms with van der Waals surface area (Å²) in [5.41, 5.74) is 2.27. The van der Waals surface area contributed by atoms with Gasteiger partial charge in [0.05, 0.1) is 6.61 Å². The van der Waals surface area contributed by atoms with Gasteiger partial charge in [0, 0.05) is 5.69 Å². The summed E-state index contributed by atoms with van der Waals surface area (Å²) in [7, 11) is 0. The van der Waals surface area contributed by atoms with Gasteiger partial charge in [-0.3, -0.25) is 4.79 Å². The van der Waals surface area contributed by atoms with Gasteiger partial charge in [0.25, 0.3) is 5.91 Å². The van der Waals surface area contributed by atoms with Gasteiger partial charge in [-0.1, -0.05) is 25.1 Å². The number of ether oxygens (including phenoxy) is 2. The van der Waals surface area contributed by atoms with Gasteiger partial charge in [0.1, 0.15) is 24.0 Å². The first-order chi connectivity index (χ1) is 16.4. The number of benzene rings is 2. The maximum atomic E-state index is 12.6. The van der Waals surface area contributed by atoms with E-state index >= 15 is 0 Å². The monoisotopic (exact) mass is 460 g/mol. The van der Waals surface area contributed by atoms with E-state index in [4.69, 9.17) is 19.0 Å². The number of nitrogens with one attached hydrogen (secondary N) is 1. The van der Waals surface area contributed by atoms with Crippen molar-refractivity contribution >= 4 is 23.6 Å². The van der Waals surface area contributed by atoms with Crippen LogP contribution in [0.15, 0.2) is 64.6 Å². The number of furan rings is 1. The van der Waals surface area contributed by atoms with E-state index in [0.29, 0.717) is 35.1 Å². The van der Waals surface area contributed by atoms with Crippen LogP contribution in [-0.2, 0) is 17.8 Å². The van der Waals surface area contributed by atoms with Crippen molar-refractivity contribution in [3.63, 3.8) is 0 Å². The molecule has 1 heterocycles. The fourth-order valence-electron chi connectivity index (χ4n) is 3.06. The van der Waals surface area contributed by atoms with Crippen molar-refractivity contribution in [3.05, 3.63) is 82.8 Å². The van der Waals surface area contributed by atoms with E-state index in [9.17, 15) is 14.9 Å². The average Bonchev–Trinajstić information content (AvgIpc) is 3.32. The van der Waals surface area contributed by atoms with E-state index in [-0.39, 0.29) is 17.9 Å². The van der Waals surface area contributed by atoms with Crippen molar-refractivity contribution in [3.8, 4) is 17.6 Å². The molecule has 0 radical (unpaired) electrons. The summed E-state index contributed by atoms with van der Waals surface area (Å²) in [5.74, 6) is -0.683. The first kappa shape index (κ1) is 24.1. The van der Waals surface area contributed by atoms with E-state index in [1.54, 1.807) is 30.3 Å². The molecule has 174 valence electrons. The normalized spacial score (nSPS) is 10.9. The molecule has 0 bridgehead atoms. The van der Waals surface area contributed by atoms with Crippen LogP contribution in [0.4, 0.5) is 5.69 Å². The van der Waals surface area contributed by atoms with Crippen molar-refractivity contribution in [2.45, 2.75) is 26.9 Å². The number of carboxylic acid groups (broad SMARTS) is 1. The van der Waals surface area contributed by atoms with Crippen LogP contribution in [0.3, 0.4) is 0 Å². The Morgan fingerprint density at radius 3 is 2.44 bits per heavy atom. The first-order valence-electron chi connectivity index (χ1n) is 10.7. The summed E-state index contributed by atoms with van der Waals surface area (Å²) in [5, 5.41) is 21.2. The zero-order chi connectivity index (χ0) is 24.5. The van der Waals surface area contributed by atoms with Gasteiger partial charge in [0.15, 0.2) is 11.5 Å². The topological polar surface area (TPSA) is 122 Å². The highest BCUT2D eigenvalue weighted by atomic mass is 16.5. The van der Waals surface area contributed by atoms with Crippen molar-refractivity contribution in [1.82, 2.24) is 0 Å². The van der Waals surface area contributed by atoms with Crippen LogP contribution in [-0.4, -0.2) is 23.6 Å². The second kappa shape index (κ2) is 11.4. The lowest BCUT2D eigenvalue weighted by Gasteiger charge is -2.12. The third-order valence-electron chi connectivity index (χ3n) is 4.81. The van der Waals surface area contributed by atoms with E-state index in [0.717, 1.165) is 12.0 Å². The number of carbonyl (C=O) groups excluding carboxylic acids is 1. The lowest BCUT2D eigenvalue weighted by Crippen LogP contribution is -2.13. The summed E-state index contributed by atoms with van der Waals surface area (Å²) in [6.45, 7) is 4.23. The first-order valence-corrected chi connectivity index (χ1v) is 10.7. The second-order valence-electron chi connectivity index (χ2n) is 7.17. The fraction of sp³-hybridized carbons (Fsp3) is 0.192. The molecule has 0 atom stereocenters. The summed E-state index contributed by atoms with van der Waals surface area (Å²) in [6.07, 6.45) is 2.36. The van der Waals surface area contributed by atoms with Gasteiger partial charge in [-0.2, -0.15) is 5.26 Å². The molecule has 34 heavy (non-hydrogen) atoms. The number of aryl methyl sites for hydroxylation is 1. The van der Waals surface area contributed by atoms with Crippen LogP contribution >= 0.6 is 0 Å². The number of anilines is 1. The molecular formula is C26H24N2O6. The number of aromatic carboxylic acids is 1. The van der Waals surface area contributed by atoms with Crippen molar-refractivity contribution in [2.75, 3.05) is 11.9 Å². The van der Waals surface area contributed by atoms with Crippen LogP contribution in [0.25, 0.3) is 6.08 Å². The second-order valence-corrected chi connectivity index (χ2v) is 7.17. The largest absolute Gasteiger partial charge is 0.490 e. The third kappa shape index (κ3) is 6.26. The molecule has 1 aromatic heterocycles. The molecule has 3 rings (SSSR count). The quantitative estimate of drug-likeness (QED) is 0.320. The molecule has 2 aromatic carbocycles. The van der Waals surface area contributed by atoms with Crippen LogP contribution in [0.2, 0.25) is 0 Å². The van der Waals surface area contributed by atoms with Gasteiger partial charge >= 0.3 is 5.97 Å². The molecule has 0 unspecified atom stereocenters. The maximum Gasteiger partial charge on any atom is 0.371 e. The summed E-state index contributed by atoms with van der Waals surface area (Å²) < 4.78 is 16.6. The van der Waals surface area contributed by atoms with Crippen LogP contribution in [0.1, 0.15) is 41.3 Å². The Morgan fingerprint density at radius 1 is 1.06 bits per heavy atom. The molecule has 0 aliphatic carbocycles. The van der Waals surface area contributed by atoms with Gasteiger partial charge < -0.3 is 24.3 Å². The Morgan fingerprint density at radius 2 is 1.82 bits per heavy atom. The number of rotatable bonds is 10. The highest BCUT2D eigenvalue weighted by Crippen LogP contribution is 2.30. The SMILES string of the molecule is CCOc1cc(C=C(C#N)C(=O)Nc2ccc(CC)cc2)ccc1OCc1ccc(C(=O)O)o1. The Labute approximate surface area is 197 Å². The van der Waals surface area contributed by atoms with Crippen molar-refractivity contribution in [2.24, 2.45) is 0 Å². The van der Waals surface area contributed by atoms with Gasteiger partial charge in [-0.25, -0.2) is 4.79 Å². The highest BCUT2D eigenvalue weighted by molar-refractivity contribution is 6.09. The minimum atomic E-state index is -1.16. The molecule has 0 saturated carbocycles. The maximum absolute atomic E-state index is 12.6. The Bertz CT molecular complexity index is 1230. The van der Waals surface area contributed by atoms with Crippen LogP contribution in [0.5, 0.6) is 11.5 Å². The summed E-state index contributed by atoms with van der Waals surface area (Å²) >= 11 is 0. The van der Waals surface area contributed by atoms with Gasteiger partial charge in [0.2, 0.25) is 5.76 Å². The number of hydrogen-bond acceptors (Lipinski definition) is 6. The predicted molar refractivity (Wildman–Crippen MR) is 126 cm³/mol. The lowest BCUT2D eigenvalue weighted by molar-refractivity contribution is -0.112. The van der Waals surface area contributed by atoms with Crippen molar-refractivity contribution < 1.29 is 28.6 Å². The number of carbonyl (C=O) groups is 2. The fourth-order valence-corrected chi connectivity index (χ4v) is 3.06. The number of nitriles is 1. The molecule has 0 saturated heterocycles. The Kier molecular flexibility index (Phi) is 8.08.